The second-order valence-corrected chi connectivity index (χ2v) is 7.80. The standard InChI is InChI=1S/C21H31N3O2.ClH/c1-3-11-24(12-4-2)21(26)14-7-9-17(10-8-14)23-20(25)18-15-5-6-16(13-15)19(18)22;/h7-10,15-16,18-19H,3-6,11-13,22H2,1-2H3,(H,23,25);1H. The number of nitrogens with zero attached hydrogens (tertiary/aromatic N) is 1. The van der Waals surface area contributed by atoms with Gasteiger partial charge in [-0.05, 0) is 68.2 Å². The van der Waals surface area contributed by atoms with E-state index in [1.54, 1.807) is 12.1 Å². The molecule has 2 aliphatic rings. The molecule has 0 radical (unpaired) electrons. The summed E-state index contributed by atoms with van der Waals surface area (Å²) < 4.78 is 0. The van der Waals surface area contributed by atoms with Crippen LogP contribution in [0, 0.1) is 17.8 Å². The van der Waals surface area contributed by atoms with Crippen molar-refractivity contribution >= 4 is 29.9 Å². The van der Waals surface area contributed by atoms with E-state index in [2.05, 4.69) is 19.2 Å². The molecule has 5 nitrogen and oxygen atoms in total. The molecule has 1 aromatic rings. The highest BCUT2D eigenvalue weighted by atomic mass is 35.5. The van der Waals surface area contributed by atoms with Gasteiger partial charge in [0.2, 0.25) is 5.91 Å². The maximum absolute atomic E-state index is 12.6. The fraction of sp³-hybridized carbons (Fsp3) is 0.619. The number of hydrogen-bond acceptors (Lipinski definition) is 3. The minimum Gasteiger partial charge on any atom is -0.339 e. The average Bonchev–Trinajstić information content (AvgIpc) is 3.22. The molecular weight excluding hydrogens is 362 g/mol. The van der Waals surface area contributed by atoms with Gasteiger partial charge in [-0.15, -0.1) is 12.4 Å². The summed E-state index contributed by atoms with van der Waals surface area (Å²) in [7, 11) is 0. The summed E-state index contributed by atoms with van der Waals surface area (Å²) in [6, 6.07) is 7.24. The Balaban J connectivity index is 0.00000261. The Kier molecular flexibility index (Phi) is 7.68. The van der Waals surface area contributed by atoms with Crippen molar-refractivity contribution in [2.45, 2.75) is 52.0 Å². The molecule has 0 aromatic heterocycles. The molecule has 1 aromatic carbocycles. The summed E-state index contributed by atoms with van der Waals surface area (Å²) in [5.41, 5.74) is 7.67. The largest absolute Gasteiger partial charge is 0.339 e. The number of amides is 2. The number of hydrogen-bond donors (Lipinski definition) is 2. The monoisotopic (exact) mass is 393 g/mol. The molecule has 4 atom stereocenters. The summed E-state index contributed by atoms with van der Waals surface area (Å²) >= 11 is 0. The van der Waals surface area contributed by atoms with E-state index in [9.17, 15) is 9.59 Å². The van der Waals surface area contributed by atoms with Crippen LogP contribution in [-0.2, 0) is 4.79 Å². The number of anilines is 1. The van der Waals surface area contributed by atoms with Crippen molar-refractivity contribution in [2.24, 2.45) is 23.5 Å². The van der Waals surface area contributed by atoms with Crippen LogP contribution in [-0.4, -0.2) is 35.8 Å². The summed E-state index contributed by atoms with van der Waals surface area (Å²) in [5.74, 6) is 0.968. The molecule has 3 N–H and O–H groups in total. The van der Waals surface area contributed by atoms with Crippen molar-refractivity contribution in [3.05, 3.63) is 29.8 Å². The van der Waals surface area contributed by atoms with Gasteiger partial charge in [-0.3, -0.25) is 9.59 Å². The van der Waals surface area contributed by atoms with Gasteiger partial charge in [0.1, 0.15) is 0 Å². The SMILES string of the molecule is CCCN(CCC)C(=O)c1ccc(NC(=O)C2C3CCC(C3)C2N)cc1.Cl. The second-order valence-electron chi connectivity index (χ2n) is 7.80. The third kappa shape index (κ3) is 4.64. The first-order valence-corrected chi connectivity index (χ1v) is 10.0. The van der Waals surface area contributed by atoms with Crippen LogP contribution >= 0.6 is 12.4 Å². The molecular formula is C21H32ClN3O2. The predicted octanol–water partition coefficient (Wildman–Crippen LogP) is 3.68. The zero-order chi connectivity index (χ0) is 18.7. The first kappa shape index (κ1) is 21.7. The van der Waals surface area contributed by atoms with Crippen LogP contribution in [0.25, 0.3) is 0 Å². The van der Waals surface area contributed by atoms with Crippen LogP contribution in [0.5, 0.6) is 0 Å². The Bertz CT molecular complexity index is 641. The van der Waals surface area contributed by atoms with E-state index in [0.717, 1.165) is 44.5 Å². The van der Waals surface area contributed by atoms with Crippen molar-refractivity contribution < 1.29 is 9.59 Å². The number of halogens is 1. The van der Waals surface area contributed by atoms with Gasteiger partial charge in [-0.25, -0.2) is 0 Å². The van der Waals surface area contributed by atoms with E-state index in [1.165, 1.54) is 6.42 Å². The maximum Gasteiger partial charge on any atom is 0.253 e. The molecule has 27 heavy (non-hydrogen) atoms. The summed E-state index contributed by atoms with van der Waals surface area (Å²) in [4.78, 5) is 27.2. The first-order chi connectivity index (χ1) is 12.5. The van der Waals surface area contributed by atoms with Crippen molar-refractivity contribution in [3.63, 3.8) is 0 Å². The van der Waals surface area contributed by atoms with Gasteiger partial charge in [0, 0.05) is 30.4 Å². The molecule has 0 saturated heterocycles. The van der Waals surface area contributed by atoms with Crippen LogP contribution in [0.2, 0.25) is 0 Å². The van der Waals surface area contributed by atoms with E-state index in [4.69, 9.17) is 5.73 Å². The molecule has 4 unspecified atom stereocenters. The molecule has 2 amide bonds. The Morgan fingerprint density at radius 2 is 1.67 bits per heavy atom. The molecule has 2 saturated carbocycles. The van der Waals surface area contributed by atoms with Crippen molar-refractivity contribution in [3.8, 4) is 0 Å². The van der Waals surface area contributed by atoms with Gasteiger partial charge >= 0.3 is 0 Å². The lowest BCUT2D eigenvalue weighted by Gasteiger charge is -2.27. The smallest absolute Gasteiger partial charge is 0.253 e. The number of nitrogens with one attached hydrogen (secondary N) is 1. The van der Waals surface area contributed by atoms with E-state index >= 15 is 0 Å². The Morgan fingerprint density at radius 1 is 1.07 bits per heavy atom. The molecule has 2 fully saturated rings. The lowest BCUT2D eigenvalue weighted by molar-refractivity contribution is -0.121. The highest BCUT2D eigenvalue weighted by Crippen LogP contribution is 2.47. The van der Waals surface area contributed by atoms with Crippen molar-refractivity contribution in [1.29, 1.82) is 0 Å². The summed E-state index contributed by atoms with van der Waals surface area (Å²) in [6.07, 6.45) is 5.28. The number of rotatable bonds is 7. The van der Waals surface area contributed by atoms with Gasteiger partial charge in [-0.2, -0.15) is 0 Å². The first-order valence-electron chi connectivity index (χ1n) is 10.0. The summed E-state index contributed by atoms with van der Waals surface area (Å²) in [6.45, 7) is 5.70. The predicted molar refractivity (Wildman–Crippen MR) is 111 cm³/mol. The molecule has 0 spiro atoms. The quantitative estimate of drug-likeness (QED) is 0.741. The Labute approximate surface area is 168 Å². The topological polar surface area (TPSA) is 75.4 Å². The molecule has 150 valence electrons. The molecule has 0 aliphatic heterocycles. The Morgan fingerprint density at radius 3 is 2.19 bits per heavy atom. The zero-order valence-electron chi connectivity index (χ0n) is 16.3. The highest BCUT2D eigenvalue weighted by Gasteiger charge is 2.49. The fourth-order valence-electron chi connectivity index (χ4n) is 4.68. The molecule has 2 aliphatic carbocycles. The van der Waals surface area contributed by atoms with Gasteiger partial charge in [0.05, 0.1) is 5.92 Å². The Hall–Kier alpha value is -1.59. The van der Waals surface area contributed by atoms with E-state index in [1.807, 2.05) is 17.0 Å². The maximum atomic E-state index is 12.6. The molecule has 3 rings (SSSR count). The number of nitrogens with two attached hydrogens (primary N) is 1. The van der Waals surface area contributed by atoms with Crippen LogP contribution in [0.1, 0.15) is 56.3 Å². The van der Waals surface area contributed by atoms with Gasteiger partial charge in [0.15, 0.2) is 0 Å². The lowest BCUT2D eigenvalue weighted by atomic mass is 9.84. The lowest BCUT2D eigenvalue weighted by Crippen LogP contribution is -2.42. The van der Waals surface area contributed by atoms with Crippen LogP contribution in [0.15, 0.2) is 24.3 Å². The highest BCUT2D eigenvalue weighted by molar-refractivity contribution is 5.96. The summed E-state index contributed by atoms with van der Waals surface area (Å²) in [5, 5.41) is 3.00. The van der Waals surface area contributed by atoms with Gasteiger partial charge < -0.3 is 16.0 Å². The van der Waals surface area contributed by atoms with Crippen LogP contribution in [0.3, 0.4) is 0 Å². The fourth-order valence-corrected chi connectivity index (χ4v) is 4.68. The van der Waals surface area contributed by atoms with E-state index in [0.29, 0.717) is 17.4 Å². The van der Waals surface area contributed by atoms with Crippen LogP contribution in [0.4, 0.5) is 5.69 Å². The minimum absolute atomic E-state index is 0. The number of carbonyl (C=O) groups excluding carboxylic acids is 2. The van der Waals surface area contributed by atoms with E-state index < -0.39 is 0 Å². The number of benzene rings is 1. The third-order valence-corrected chi connectivity index (χ3v) is 5.96. The van der Waals surface area contributed by atoms with Crippen LogP contribution < -0.4 is 11.1 Å². The van der Waals surface area contributed by atoms with Crippen molar-refractivity contribution in [1.82, 2.24) is 4.90 Å². The third-order valence-electron chi connectivity index (χ3n) is 5.96. The normalized spacial score (nSPS) is 25.7. The van der Waals surface area contributed by atoms with Gasteiger partial charge in [0.25, 0.3) is 5.91 Å². The molecule has 2 bridgehead atoms. The second kappa shape index (κ2) is 9.56. The number of fused-ring (bicyclic) bond motifs is 2. The van der Waals surface area contributed by atoms with Crippen molar-refractivity contribution in [2.75, 3.05) is 18.4 Å². The molecule has 0 heterocycles. The average molecular weight is 394 g/mol. The van der Waals surface area contributed by atoms with E-state index in [-0.39, 0.29) is 36.2 Å². The zero-order valence-corrected chi connectivity index (χ0v) is 17.1. The minimum atomic E-state index is -0.0698. The van der Waals surface area contributed by atoms with Gasteiger partial charge in [-0.1, -0.05) is 13.8 Å². The molecule has 6 heteroatoms. The number of carbonyl (C=O) groups is 2.